The van der Waals surface area contributed by atoms with Gasteiger partial charge in [0.15, 0.2) is 12.2 Å². The number of nitrogens with zero attached hydrogens (tertiary/aromatic N) is 2. The van der Waals surface area contributed by atoms with Crippen molar-refractivity contribution in [3.05, 3.63) is 76.2 Å². The average molecular weight is 401 g/mol. The number of imidazole rings is 1. The summed E-state index contributed by atoms with van der Waals surface area (Å²) in [7, 11) is 0. The van der Waals surface area contributed by atoms with Crippen molar-refractivity contribution in [1.82, 2.24) is 9.88 Å². The summed E-state index contributed by atoms with van der Waals surface area (Å²) in [6, 6.07) is 15.6. The fourth-order valence-corrected chi connectivity index (χ4v) is 3.84. The van der Waals surface area contributed by atoms with E-state index in [0.29, 0.717) is 23.1 Å². The zero-order valence-corrected chi connectivity index (χ0v) is 16.3. The minimum Gasteiger partial charge on any atom is -0.349 e. The van der Waals surface area contributed by atoms with Crippen molar-refractivity contribution in [3.8, 4) is 11.3 Å². The molecule has 1 aliphatic rings. The van der Waals surface area contributed by atoms with Crippen molar-refractivity contribution >= 4 is 29.1 Å². The van der Waals surface area contributed by atoms with E-state index in [0.717, 1.165) is 36.2 Å². The number of carbonyl (C=O) groups is 1. The van der Waals surface area contributed by atoms with Gasteiger partial charge in [-0.3, -0.25) is 4.79 Å². The van der Waals surface area contributed by atoms with Crippen molar-refractivity contribution in [2.75, 3.05) is 0 Å². The van der Waals surface area contributed by atoms with Crippen LogP contribution in [0.1, 0.15) is 17.8 Å². The normalized spacial score (nSPS) is 12.8. The molecule has 4 nitrogen and oxygen atoms in total. The molecule has 0 radical (unpaired) electrons. The lowest BCUT2D eigenvalue weighted by molar-refractivity contribution is -0.690. The quantitative estimate of drug-likeness (QED) is 0.645. The number of fused-ring (bicyclic) bond motifs is 1. The van der Waals surface area contributed by atoms with E-state index in [2.05, 4.69) is 9.88 Å². The molecule has 1 aromatic heterocycles. The molecule has 0 saturated carbocycles. The number of hydrogen-bond donors (Lipinski definition) is 1. The highest BCUT2D eigenvalue weighted by atomic mass is 35.5. The van der Waals surface area contributed by atoms with Crippen LogP contribution in [0, 0.1) is 0 Å². The van der Waals surface area contributed by atoms with Gasteiger partial charge in [0.05, 0.1) is 23.0 Å². The average Bonchev–Trinajstić information content (AvgIpc) is 3.27. The Kier molecular flexibility index (Phi) is 5.19. The van der Waals surface area contributed by atoms with Crippen LogP contribution < -0.4 is 9.88 Å². The summed E-state index contributed by atoms with van der Waals surface area (Å²) in [5.74, 6) is 1.18. The molecule has 6 heteroatoms. The maximum absolute atomic E-state index is 12.5. The summed E-state index contributed by atoms with van der Waals surface area (Å²) < 4.78 is 4.31. The fraction of sp³-hybridized carbons (Fsp3) is 0.238. The van der Waals surface area contributed by atoms with Gasteiger partial charge in [-0.15, -0.1) is 0 Å². The lowest BCUT2D eigenvalue weighted by Gasteiger charge is -2.04. The van der Waals surface area contributed by atoms with Crippen LogP contribution in [0.3, 0.4) is 0 Å². The van der Waals surface area contributed by atoms with E-state index >= 15 is 0 Å². The molecule has 0 unspecified atom stereocenters. The van der Waals surface area contributed by atoms with Gasteiger partial charge in [0.2, 0.25) is 0 Å². The van der Waals surface area contributed by atoms with Gasteiger partial charge in [-0.2, -0.15) is 0 Å². The molecule has 0 fully saturated rings. The van der Waals surface area contributed by atoms with Crippen LogP contribution >= 0.6 is 23.2 Å². The Morgan fingerprint density at radius 3 is 2.70 bits per heavy atom. The largest absolute Gasteiger partial charge is 0.349 e. The van der Waals surface area contributed by atoms with Gasteiger partial charge in [-0.25, -0.2) is 9.13 Å². The molecule has 2 aromatic carbocycles. The van der Waals surface area contributed by atoms with Crippen molar-refractivity contribution in [3.63, 3.8) is 0 Å². The van der Waals surface area contributed by atoms with Crippen LogP contribution in [0.5, 0.6) is 0 Å². The molecule has 3 aromatic rings. The summed E-state index contributed by atoms with van der Waals surface area (Å²) in [6.07, 6.45) is 4.08. The molecule has 1 aliphatic heterocycles. The summed E-state index contributed by atoms with van der Waals surface area (Å²) >= 11 is 12.2. The van der Waals surface area contributed by atoms with Crippen molar-refractivity contribution in [2.45, 2.75) is 32.5 Å². The number of benzene rings is 2. The Hall–Kier alpha value is -2.30. The lowest BCUT2D eigenvalue weighted by Crippen LogP contribution is -2.44. The molecule has 4 rings (SSSR count). The summed E-state index contributed by atoms with van der Waals surface area (Å²) in [4.78, 5) is 12.5. The van der Waals surface area contributed by atoms with Gasteiger partial charge < -0.3 is 5.32 Å². The highest BCUT2D eigenvalue weighted by Gasteiger charge is 2.29. The zero-order valence-electron chi connectivity index (χ0n) is 14.8. The Morgan fingerprint density at radius 1 is 1.11 bits per heavy atom. The molecular formula is C21H20Cl2N3O+. The fourth-order valence-electron chi connectivity index (χ4n) is 3.54. The monoisotopic (exact) mass is 400 g/mol. The van der Waals surface area contributed by atoms with Crippen LogP contribution in [-0.2, 0) is 30.8 Å². The third kappa shape index (κ3) is 3.87. The number of amides is 1. The summed E-state index contributed by atoms with van der Waals surface area (Å²) in [6.45, 7) is 1.79. The van der Waals surface area contributed by atoms with Crippen LogP contribution in [-0.4, -0.2) is 10.5 Å². The number of aromatic nitrogens is 2. The van der Waals surface area contributed by atoms with Gasteiger partial charge in [0.25, 0.3) is 11.7 Å². The first-order chi connectivity index (χ1) is 13.1. The van der Waals surface area contributed by atoms with E-state index in [1.807, 2.05) is 59.3 Å². The predicted octanol–water partition coefficient (Wildman–Crippen LogP) is 4.01. The first-order valence-corrected chi connectivity index (χ1v) is 9.75. The summed E-state index contributed by atoms with van der Waals surface area (Å²) in [5.41, 5.74) is 3.17. The SMILES string of the molecule is O=C(C[n+]1cc(-c2ccc(Cl)c(Cl)c2)n2c1CCC2)NCc1ccccc1. The molecule has 1 amide bonds. The standard InChI is InChI=1S/C21H19Cl2N3O/c22-17-9-8-16(11-18(17)23)19-13-25(21-7-4-10-26(19)21)14-20(27)24-12-15-5-2-1-3-6-15/h1-3,5-6,8-9,11,13H,4,7,10,12,14H2/p+1. The summed E-state index contributed by atoms with van der Waals surface area (Å²) in [5, 5.41) is 4.08. The minimum absolute atomic E-state index is 0.00448. The van der Waals surface area contributed by atoms with Crippen LogP contribution in [0.4, 0.5) is 0 Å². The van der Waals surface area contributed by atoms with Gasteiger partial charge in [-0.1, -0.05) is 53.5 Å². The van der Waals surface area contributed by atoms with E-state index < -0.39 is 0 Å². The Morgan fingerprint density at radius 2 is 1.93 bits per heavy atom. The first-order valence-electron chi connectivity index (χ1n) is 9.00. The first kappa shape index (κ1) is 18.1. The Bertz CT molecular complexity index is 983. The number of halogens is 2. The molecule has 0 atom stereocenters. The van der Waals surface area contributed by atoms with Crippen LogP contribution in [0.25, 0.3) is 11.3 Å². The molecule has 2 heterocycles. The van der Waals surface area contributed by atoms with Gasteiger partial charge >= 0.3 is 0 Å². The highest BCUT2D eigenvalue weighted by Crippen LogP contribution is 2.30. The number of rotatable bonds is 5. The second kappa shape index (κ2) is 7.75. The third-order valence-electron chi connectivity index (χ3n) is 4.86. The smallest absolute Gasteiger partial charge is 0.262 e. The molecule has 1 N–H and O–H groups in total. The molecule has 138 valence electrons. The van der Waals surface area contributed by atoms with Gasteiger partial charge in [-0.05, 0) is 30.2 Å². The Labute approximate surface area is 168 Å². The number of hydrogen-bond acceptors (Lipinski definition) is 1. The predicted molar refractivity (Wildman–Crippen MR) is 107 cm³/mol. The third-order valence-corrected chi connectivity index (χ3v) is 5.59. The maximum Gasteiger partial charge on any atom is 0.262 e. The second-order valence-electron chi connectivity index (χ2n) is 6.70. The molecule has 0 spiro atoms. The van der Waals surface area contributed by atoms with E-state index in [1.54, 1.807) is 0 Å². The van der Waals surface area contributed by atoms with E-state index in [4.69, 9.17) is 23.2 Å². The zero-order chi connectivity index (χ0) is 18.8. The van der Waals surface area contributed by atoms with Gasteiger partial charge in [0.1, 0.15) is 6.20 Å². The van der Waals surface area contributed by atoms with Crippen molar-refractivity contribution in [2.24, 2.45) is 0 Å². The molecular weight excluding hydrogens is 381 g/mol. The number of nitrogens with one attached hydrogen (secondary N) is 1. The maximum atomic E-state index is 12.5. The van der Waals surface area contributed by atoms with Crippen molar-refractivity contribution in [1.29, 1.82) is 0 Å². The van der Waals surface area contributed by atoms with E-state index in [1.165, 1.54) is 5.82 Å². The Balaban J connectivity index is 1.53. The molecule has 0 aliphatic carbocycles. The molecule has 27 heavy (non-hydrogen) atoms. The molecule has 0 saturated heterocycles. The van der Waals surface area contributed by atoms with Crippen molar-refractivity contribution < 1.29 is 9.36 Å². The minimum atomic E-state index is 0.00448. The number of carbonyl (C=O) groups excluding carboxylic acids is 1. The second-order valence-corrected chi connectivity index (χ2v) is 7.52. The highest BCUT2D eigenvalue weighted by molar-refractivity contribution is 6.42. The van der Waals surface area contributed by atoms with E-state index in [-0.39, 0.29) is 5.91 Å². The lowest BCUT2D eigenvalue weighted by atomic mass is 10.1. The molecule has 0 bridgehead atoms. The topological polar surface area (TPSA) is 37.9 Å². The van der Waals surface area contributed by atoms with E-state index in [9.17, 15) is 4.79 Å². The van der Waals surface area contributed by atoms with Crippen LogP contribution in [0.15, 0.2) is 54.7 Å². The van der Waals surface area contributed by atoms with Crippen LogP contribution in [0.2, 0.25) is 10.0 Å². The van der Waals surface area contributed by atoms with Gasteiger partial charge in [0, 0.05) is 12.1 Å².